The summed E-state index contributed by atoms with van der Waals surface area (Å²) in [5.74, 6) is 0.593. The van der Waals surface area contributed by atoms with Crippen molar-refractivity contribution < 1.29 is 23.8 Å². The van der Waals surface area contributed by atoms with Crippen LogP contribution in [-0.4, -0.2) is 49.4 Å². The number of amides is 1. The molecule has 6 nitrogen and oxygen atoms in total. The van der Waals surface area contributed by atoms with E-state index in [0.29, 0.717) is 24.5 Å². The van der Waals surface area contributed by atoms with Crippen LogP contribution in [0.1, 0.15) is 44.0 Å². The van der Waals surface area contributed by atoms with Crippen molar-refractivity contribution in [3.05, 3.63) is 29.8 Å². The van der Waals surface area contributed by atoms with E-state index in [9.17, 15) is 9.59 Å². The standard InChI is InChI=1S/C19H27NO5/c1-19(2,3)25-18(22)20-11-5-6-14(12-20)13-24-16-9-7-15(8-10-16)17(21)23-4/h7-10,14H,5-6,11-13H2,1-4H3/t14-/m1/s1. The molecule has 1 atom stereocenters. The highest BCUT2D eigenvalue weighted by atomic mass is 16.6. The Kier molecular flexibility index (Phi) is 6.28. The Labute approximate surface area is 149 Å². The van der Waals surface area contributed by atoms with Crippen molar-refractivity contribution in [2.24, 2.45) is 5.92 Å². The van der Waals surface area contributed by atoms with E-state index < -0.39 is 5.60 Å². The summed E-state index contributed by atoms with van der Waals surface area (Å²) < 4.78 is 15.9. The first-order valence-corrected chi connectivity index (χ1v) is 8.57. The van der Waals surface area contributed by atoms with Crippen LogP contribution >= 0.6 is 0 Å². The molecular weight excluding hydrogens is 322 g/mol. The summed E-state index contributed by atoms with van der Waals surface area (Å²) in [7, 11) is 1.35. The van der Waals surface area contributed by atoms with E-state index >= 15 is 0 Å². The molecule has 0 unspecified atom stereocenters. The average Bonchev–Trinajstić information content (AvgIpc) is 2.58. The van der Waals surface area contributed by atoms with Gasteiger partial charge in [-0.1, -0.05) is 0 Å². The molecule has 138 valence electrons. The average molecular weight is 349 g/mol. The third-order valence-electron chi connectivity index (χ3n) is 3.93. The summed E-state index contributed by atoms with van der Waals surface area (Å²) in [6, 6.07) is 6.85. The van der Waals surface area contributed by atoms with Crippen molar-refractivity contribution in [2.45, 2.75) is 39.2 Å². The third-order valence-corrected chi connectivity index (χ3v) is 3.93. The van der Waals surface area contributed by atoms with Gasteiger partial charge in [0, 0.05) is 19.0 Å². The van der Waals surface area contributed by atoms with Gasteiger partial charge in [0.1, 0.15) is 11.4 Å². The van der Waals surface area contributed by atoms with E-state index in [1.807, 2.05) is 20.8 Å². The second-order valence-electron chi connectivity index (χ2n) is 7.26. The minimum Gasteiger partial charge on any atom is -0.493 e. The van der Waals surface area contributed by atoms with E-state index in [2.05, 4.69) is 4.74 Å². The number of methoxy groups -OCH3 is 1. The van der Waals surface area contributed by atoms with Crippen LogP contribution in [0.15, 0.2) is 24.3 Å². The highest BCUT2D eigenvalue weighted by Crippen LogP contribution is 2.21. The van der Waals surface area contributed by atoms with E-state index in [1.54, 1.807) is 29.2 Å². The molecule has 0 saturated carbocycles. The third kappa shape index (κ3) is 5.96. The van der Waals surface area contributed by atoms with Crippen LogP contribution in [0.4, 0.5) is 4.79 Å². The first-order chi connectivity index (χ1) is 11.8. The minimum atomic E-state index is -0.484. The lowest BCUT2D eigenvalue weighted by atomic mass is 9.99. The number of carbonyl (C=O) groups excluding carboxylic acids is 2. The lowest BCUT2D eigenvalue weighted by Gasteiger charge is -2.34. The molecule has 0 aliphatic carbocycles. The number of esters is 1. The van der Waals surface area contributed by atoms with Crippen LogP contribution < -0.4 is 4.74 Å². The molecule has 0 bridgehead atoms. The largest absolute Gasteiger partial charge is 0.493 e. The Balaban J connectivity index is 1.84. The first-order valence-electron chi connectivity index (χ1n) is 8.57. The maximum Gasteiger partial charge on any atom is 0.410 e. The van der Waals surface area contributed by atoms with Gasteiger partial charge in [-0.05, 0) is 57.9 Å². The number of benzene rings is 1. The summed E-state index contributed by atoms with van der Waals surface area (Å²) >= 11 is 0. The second kappa shape index (κ2) is 8.23. The Bertz CT molecular complexity index is 591. The smallest absolute Gasteiger partial charge is 0.410 e. The van der Waals surface area contributed by atoms with Gasteiger partial charge < -0.3 is 19.1 Å². The van der Waals surface area contributed by atoms with Gasteiger partial charge >= 0.3 is 12.1 Å². The molecule has 25 heavy (non-hydrogen) atoms. The monoisotopic (exact) mass is 349 g/mol. The molecule has 2 rings (SSSR count). The zero-order chi connectivity index (χ0) is 18.4. The number of nitrogens with zero attached hydrogens (tertiary/aromatic N) is 1. The summed E-state index contributed by atoms with van der Waals surface area (Å²) in [5.41, 5.74) is 0.00525. The highest BCUT2D eigenvalue weighted by Gasteiger charge is 2.27. The van der Waals surface area contributed by atoms with Crippen molar-refractivity contribution in [1.82, 2.24) is 4.90 Å². The number of hydrogen-bond acceptors (Lipinski definition) is 5. The molecule has 0 N–H and O–H groups in total. The van der Waals surface area contributed by atoms with Crippen molar-refractivity contribution in [3.63, 3.8) is 0 Å². The maximum atomic E-state index is 12.2. The molecule has 1 aromatic rings. The molecular formula is C19H27NO5. The van der Waals surface area contributed by atoms with Crippen molar-refractivity contribution in [1.29, 1.82) is 0 Å². The van der Waals surface area contributed by atoms with Gasteiger partial charge in [0.05, 0.1) is 19.3 Å². The van der Waals surface area contributed by atoms with Crippen LogP contribution in [0, 0.1) is 5.92 Å². The van der Waals surface area contributed by atoms with Crippen molar-refractivity contribution in [3.8, 4) is 5.75 Å². The van der Waals surface area contributed by atoms with Crippen molar-refractivity contribution >= 4 is 12.1 Å². The van der Waals surface area contributed by atoms with Gasteiger partial charge in [-0.15, -0.1) is 0 Å². The lowest BCUT2D eigenvalue weighted by molar-refractivity contribution is 0.0139. The van der Waals surface area contributed by atoms with Gasteiger partial charge in [0.15, 0.2) is 0 Å². The Morgan fingerprint density at radius 3 is 2.48 bits per heavy atom. The first kappa shape index (κ1) is 19.1. The van der Waals surface area contributed by atoms with Crippen LogP contribution in [0.3, 0.4) is 0 Å². The van der Waals surface area contributed by atoms with E-state index in [0.717, 1.165) is 19.4 Å². The number of ether oxygens (including phenoxy) is 3. The van der Waals surface area contributed by atoms with E-state index in [-0.39, 0.29) is 18.0 Å². The number of piperidine rings is 1. The van der Waals surface area contributed by atoms with Gasteiger partial charge in [-0.25, -0.2) is 9.59 Å². The molecule has 0 radical (unpaired) electrons. The maximum absolute atomic E-state index is 12.2. The summed E-state index contributed by atoms with van der Waals surface area (Å²) in [6.07, 6.45) is 1.69. The van der Waals surface area contributed by atoms with Gasteiger partial charge in [0.25, 0.3) is 0 Å². The number of hydrogen-bond donors (Lipinski definition) is 0. The predicted molar refractivity (Wildman–Crippen MR) is 93.8 cm³/mol. The van der Waals surface area contributed by atoms with Crippen LogP contribution in [0.2, 0.25) is 0 Å². The van der Waals surface area contributed by atoms with E-state index in [1.165, 1.54) is 7.11 Å². The summed E-state index contributed by atoms with van der Waals surface area (Å²) in [6.45, 7) is 7.49. The number of likely N-dealkylation sites (tertiary alicyclic amines) is 1. The van der Waals surface area contributed by atoms with E-state index in [4.69, 9.17) is 9.47 Å². The van der Waals surface area contributed by atoms with Crippen molar-refractivity contribution in [2.75, 3.05) is 26.8 Å². The molecule has 1 aromatic carbocycles. The summed E-state index contributed by atoms with van der Waals surface area (Å²) in [4.78, 5) is 25.4. The molecule has 1 heterocycles. The molecule has 1 saturated heterocycles. The molecule has 1 amide bonds. The van der Waals surface area contributed by atoms with Gasteiger partial charge in [-0.3, -0.25) is 0 Å². The van der Waals surface area contributed by atoms with Crippen LogP contribution in [0.5, 0.6) is 5.75 Å². The number of carbonyl (C=O) groups is 2. The second-order valence-corrected chi connectivity index (χ2v) is 7.26. The SMILES string of the molecule is COC(=O)c1ccc(OC[C@@H]2CCCN(C(=O)OC(C)(C)C)C2)cc1. The topological polar surface area (TPSA) is 65.1 Å². The predicted octanol–water partition coefficient (Wildman–Crippen LogP) is 3.50. The molecule has 1 aliphatic rings. The summed E-state index contributed by atoms with van der Waals surface area (Å²) in [5, 5.41) is 0. The number of rotatable bonds is 4. The van der Waals surface area contributed by atoms with Gasteiger partial charge in [0.2, 0.25) is 0 Å². The lowest BCUT2D eigenvalue weighted by Crippen LogP contribution is -2.44. The Morgan fingerprint density at radius 1 is 1.20 bits per heavy atom. The fourth-order valence-electron chi connectivity index (χ4n) is 2.71. The highest BCUT2D eigenvalue weighted by molar-refractivity contribution is 5.89. The fourth-order valence-corrected chi connectivity index (χ4v) is 2.71. The molecule has 0 aromatic heterocycles. The van der Waals surface area contributed by atoms with Gasteiger partial charge in [-0.2, -0.15) is 0 Å². The zero-order valence-corrected chi connectivity index (χ0v) is 15.4. The molecule has 1 fully saturated rings. The normalized spacial score (nSPS) is 17.8. The molecule has 0 spiro atoms. The molecule has 6 heteroatoms. The minimum absolute atomic E-state index is 0.264. The van der Waals surface area contributed by atoms with Crippen LogP contribution in [-0.2, 0) is 9.47 Å². The zero-order valence-electron chi connectivity index (χ0n) is 15.4. The Hall–Kier alpha value is -2.24. The quantitative estimate of drug-likeness (QED) is 0.779. The Morgan fingerprint density at radius 2 is 1.88 bits per heavy atom. The fraction of sp³-hybridized carbons (Fsp3) is 0.579. The molecule has 1 aliphatic heterocycles. The van der Waals surface area contributed by atoms with Crippen LogP contribution in [0.25, 0.3) is 0 Å².